The maximum absolute atomic E-state index is 15.6. The zero-order chi connectivity index (χ0) is 25.5. The fraction of sp³-hybridized carbons (Fsp3) is 0.444. The number of hydrogen-bond donors (Lipinski definition) is 1. The van der Waals surface area contributed by atoms with Gasteiger partial charge in [0.2, 0.25) is 0 Å². The summed E-state index contributed by atoms with van der Waals surface area (Å²) < 4.78 is 20.9. The normalized spacial score (nSPS) is 16.6. The summed E-state index contributed by atoms with van der Waals surface area (Å²) in [4.78, 5) is 24.2. The predicted octanol–water partition coefficient (Wildman–Crippen LogP) is 6.43. The number of aliphatic carboxylic acids is 1. The highest BCUT2D eigenvalue weighted by Crippen LogP contribution is 2.42. The van der Waals surface area contributed by atoms with E-state index in [1.807, 2.05) is 12.3 Å². The zero-order valence-electron chi connectivity index (χ0n) is 20.3. The van der Waals surface area contributed by atoms with Crippen LogP contribution < -0.4 is 4.74 Å². The average Bonchev–Trinajstić information content (AvgIpc) is 2.90. The number of rotatable bonds is 11. The van der Waals surface area contributed by atoms with Crippen LogP contribution in [-0.4, -0.2) is 58.4 Å². The van der Waals surface area contributed by atoms with E-state index in [0.29, 0.717) is 48.1 Å². The zero-order valence-corrected chi connectivity index (χ0v) is 21.9. The summed E-state index contributed by atoms with van der Waals surface area (Å²) in [5, 5.41) is 10.9. The molecule has 0 spiro atoms. The number of ether oxygens (including phenoxy) is 1. The number of hydrogen-bond acceptors (Lipinski definition) is 6. The topological polar surface area (TPSA) is 75.6 Å². The van der Waals surface area contributed by atoms with Gasteiger partial charge in [-0.25, -0.2) is 4.39 Å². The van der Waals surface area contributed by atoms with Gasteiger partial charge >= 0.3 is 5.97 Å². The molecule has 1 saturated heterocycles. The molecule has 9 heteroatoms. The van der Waals surface area contributed by atoms with Crippen LogP contribution in [0.5, 0.6) is 5.75 Å². The molecule has 0 aliphatic carbocycles. The second kappa shape index (κ2) is 12.2. The van der Waals surface area contributed by atoms with Gasteiger partial charge in [0, 0.05) is 34.4 Å². The van der Waals surface area contributed by atoms with Gasteiger partial charge in [0.15, 0.2) is 0 Å². The van der Waals surface area contributed by atoms with E-state index in [1.54, 1.807) is 43.3 Å². The number of pyridine rings is 2. The molecule has 192 valence electrons. The Hall–Kier alpha value is -2.42. The summed E-state index contributed by atoms with van der Waals surface area (Å²) in [6.45, 7) is 2.34. The molecule has 1 aromatic carbocycles. The molecule has 1 aliphatic rings. The Labute approximate surface area is 220 Å². The molecule has 0 unspecified atom stereocenters. The first-order valence-corrected chi connectivity index (χ1v) is 13.5. The van der Waals surface area contributed by atoms with Crippen molar-refractivity contribution in [2.45, 2.75) is 43.2 Å². The molecule has 0 radical (unpaired) electrons. The van der Waals surface area contributed by atoms with Crippen molar-refractivity contribution in [2.75, 3.05) is 32.5 Å². The second-order valence-corrected chi connectivity index (χ2v) is 10.8. The van der Waals surface area contributed by atoms with Crippen LogP contribution in [0, 0.1) is 5.41 Å². The van der Waals surface area contributed by atoms with Crippen LogP contribution in [0.1, 0.15) is 43.8 Å². The van der Waals surface area contributed by atoms with Crippen molar-refractivity contribution in [2.24, 2.45) is 5.41 Å². The number of fused-ring (bicyclic) bond motifs is 1. The Morgan fingerprint density at radius 2 is 2.11 bits per heavy atom. The quantitative estimate of drug-likeness (QED) is 0.225. The number of carboxylic acid groups (broad SMARTS) is 1. The number of halogens is 2. The number of carboxylic acids is 1. The fourth-order valence-electron chi connectivity index (χ4n) is 4.85. The Morgan fingerprint density at radius 3 is 2.81 bits per heavy atom. The van der Waals surface area contributed by atoms with Crippen LogP contribution in [-0.2, 0) is 4.79 Å². The molecule has 3 heterocycles. The average molecular weight is 532 g/mol. The molecular weight excluding hydrogens is 501 g/mol. The molecular formula is C27H31ClFN3O3S. The van der Waals surface area contributed by atoms with Crippen molar-refractivity contribution < 1.29 is 19.0 Å². The molecule has 3 aromatic rings. The van der Waals surface area contributed by atoms with Crippen LogP contribution in [0.15, 0.2) is 53.8 Å². The third kappa shape index (κ3) is 6.28. The summed E-state index contributed by atoms with van der Waals surface area (Å²) in [6, 6.07) is 9.25. The Morgan fingerprint density at radius 1 is 1.31 bits per heavy atom. The van der Waals surface area contributed by atoms with Crippen molar-refractivity contribution in [3.05, 3.63) is 59.5 Å². The third-order valence-electron chi connectivity index (χ3n) is 7.05. The molecule has 0 saturated carbocycles. The van der Waals surface area contributed by atoms with E-state index in [4.69, 9.17) is 16.3 Å². The van der Waals surface area contributed by atoms with Crippen LogP contribution >= 0.6 is 23.4 Å². The van der Waals surface area contributed by atoms with E-state index in [9.17, 15) is 9.90 Å². The van der Waals surface area contributed by atoms with E-state index in [-0.39, 0.29) is 17.9 Å². The highest BCUT2D eigenvalue weighted by Gasteiger charge is 2.41. The van der Waals surface area contributed by atoms with Gasteiger partial charge in [0.05, 0.1) is 23.1 Å². The highest BCUT2D eigenvalue weighted by atomic mass is 35.5. The molecule has 4 rings (SSSR count). The number of carbonyl (C=O) groups is 1. The van der Waals surface area contributed by atoms with E-state index < -0.39 is 17.6 Å². The molecule has 2 aromatic heterocycles. The number of piperidine rings is 1. The lowest BCUT2D eigenvalue weighted by Crippen LogP contribution is -2.44. The van der Waals surface area contributed by atoms with Crippen molar-refractivity contribution in [3.8, 4) is 5.75 Å². The molecule has 1 aliphatic heterocycles. The van der Waals surface area contributed by atoms with Gasteiger partial charge in [0.25, 0.3) is 0 Å². The van der Waals surface area contributed by atoms with Gasteiger partial charge in [-0.1, -0.05) is 11.6 Å². The van der Waals surface area contributed by atoms with Gasteiger partial charge in [-0.2, -0.15) is 0 Å². The molecule has 0 amide bonds. The number of nitrogens with zero attached hydrogens (tertiary/aromatic N) is 3. The molecule has 1 atom stereocenters. The van der Waals surface area contributed by atoms with E-state index in [0.717, 1.165) is 23.6 Å². The molecule has 6 nitrogen and oxygen atoms in total. The van der Waals surface area contributed by atoms with Gasteiger partial charge in [-0.05, 0) is 87.8 Å². The maximum atomic E-state index is 15.6. The first kappa shape index (κ1) is 26.6. The van der Waals surface area contributed by atoms with Crippen molar-refractivity contribution in [1.29, 1.82) is 0 Å². The lowest BCUT2D eigenvalue weighted by atomic mass is 9.74. The predicted molar refractivity (Wildman–Crippen MR) is 142 cm³/mol. The maximum Gasteiger partial charge on any atom is 0.309 e. The monoisotopic (exact) mass is 531 g/mol. The minimum atomic E-state index is -1.39. The number of benzene rings is 1. The van der Waals surface area contributed by atoms with Crippen molar-refractivity contribution >= 4 is 40.2 Å². The van der Waals surface area contributed by atoms with Gasteiger partial charge in [0.1, 0.15) is 11.9 Å². The molecule has 36 heavy (non-hydrogen) atoms. The number of methoxy groups -OCH3 is 1. The van der Waals surface area contributed by atoms with E-state index >= 15 is 4.39 Å². The number of likely N-dealkylation sites (tertiary alicyclic amines) is 1. The first-order chi connectivity index (χ1) is 17.4. The van der Waals surface area contributed by atoms with Gasteiger partial charge < -0.3 is 14.7 Å². The first-order valence-electron chi connectivity index (χ1n) is 12.2. The summed E-state index contributed by atoms with van der Waals surface area (Å²) >= 11 is 8.14. The summed E-state index contributed by atoms with van der Waals surface area (Å²) in [7, 11) is 1.55. The molecule has 1 fully saturated rings. The third-order valence-corrected chi connectivity index (χ3v) is 8.42. The fourth-order valence-corrected chi connectivity index (χ4v) is 5.93. The minimum absolute atomic E-state index is 0.0874. The number of aromatic nitrogens is 2. The lowest BCUT2D eigenvalue weighted by Gasteiger charge is -2.39. The van der Waals surface area contributed by atoms with Crippen LogP contribution in [0.25, 0.3) is 10.9 Å². The Balaban J connectivity index is 1.34. The Bertz CT molecular complexity index is 1180. The summed E-state index contributed by atoms with van der Waals surface area (Å²) in [6.07, 6.45) is 6.09. The van der Waals surface area contributed by atoms with Crippen molar-refractivity contribution in [3.63, 3.8) is 0 Å². The highest BCUT2D eigenvalue weighted by molar-refractivity contribution is 7.99. The number of alkyl halides is 1. The van der Waals surface area contributed by atoms with Crippen LogP contribution in [0.4, 0.5) is 4.39 Å². The standard InChI is InChI=1S/C27H31ClFN3O3S/c1-35-19-5-6-24-21(16-19)25(22(28)18-31-24)23(29)7-8-27(26(33)34)9-13-32(14-10-27)12-3-15-36-20-4-2-11-30-17-20/h2,4-6,11,16-18,23H,3,7-10,12-15H2,1H3,(H,33,34)/t23-/m0/s1. The van der Waals surface area contributed by atoms with Crippen molar-refractivity contribution in [1.82, 2.24) is 14.9 Å². The smallest absolute Gasteiger partial charge is 0.309 e. The molecule has 0 bridgehead atoms. The van der Waals surface area contributed by atoms with E-state index in [1.165, 1.54) is 6.20 Å². The van der Waals surface area contributed by atoms with Crippen LogP contribution in [0.2, 0.25) is 5.02 Å². The summed E-state index contributed by atoms with van der Waals surface area (Å²) in [5.41, 5.74) is 0.0589. The van der Waals surface area contributed by atoms with Gasteiger partial charge in [-0.3, -0.25) is 14.8 Å². The lowest BCUT2D eigenvalue weighted by molar-refractivity contribution is -0.153. The largest absolute Gasteiger partial charge is 0.497 e. The van der Waals surface area contributed by atoms with Gasteiger partial charge in [-0.15, -0.1) is 11.8 Å². The second-order valence-electron chi connectivity index (χ2n) is 9.23. The van der Waals surface area contributed by atoms with Crippen LogP contribution in [0.3, 0.4) is 0 Å². The molecule has 1 N–H and O–H groups in total. The number of thioether (sulfide) groups is 1. The Kier molecular flexibility index (Phi) is 9.04. The minimum Gasteiger partial charge on any atom is -0.497 e. The SMILES string of the molecule is COc1ccc2ncc(Cl)c([C@@H](F)CCC3(C(=O)O)CCN(CCCSc4cccnc4)CC3)c2c1. The van der Waals surface area contributed by atoms with E-state index in [2.05, 4.69) is 20.9 Å². The summed E-state index contributed by atoms with van der Waals surface area (Å²) in [5.74, 6) is 0.739.